The van der Waals surface area contributed by atoms with E-state index < -0.39 is 11.0 Å². The van der Waals surface area contributed by atoms with Gasteiger partial charge in [-0.1, -0.05) is 0 Å². The van der Waals surface area contributed by atoms with Gasteiger partial charge in [0.05, 0.1) is 23.0 Å². The summed E-state index contributed by atoms with van der Waals surface area (Å²) in [6, 6.07) is 4.53. The SMILES string of the molecule is O=[N+]([O-])c1ccc(NCC(O)CO)c2cnccc12. The van der Waals surface area contributed by atoms with Crippen LogP contribution in [0.4, 0.5) is 11.4 Å². The van der Waals surface area contributed by atoms with Gasteiger partial charge in [-0.25, -0.2) is 0 Å². The lowest BCUT2D eigenvalue weighted by Crippen LogP contribution is -2.23. The zero-order valence-electron chi connectivity index (χ0n) is 9.98. The van der Waals surface area contributed by atoms with Crippen LogP contribution < -0.4 is 5.32 Å². The molecule has 0 spiro atoms. The molecule has 0 aliphatic rings. The predicted octanol–water partition coefficient (Wildman–Crippen LogP) is 0.908. The third-order valence-corrected chi connectivity index (χ3v) is 2.73. The Labute approximate surface area is 108 Å². The van der Waals surface area contributed by atoms with Crippen molar-refractivity contribution in [1.29, 1.82) is 0 Å². The molecule has 1 aromatic carbocycles. The van der Waals surface area contributed by atoms with E-state index in [1.165, 1.54) is 18.5 Å². The Hall–Kier alpha value is -2.25. The van der Waals surface area contributed by atoms with E-state index >= 15 is 0 Å². The molecule has 2 rings (SSSR count). The first-order valence-electron chi connectivity index (χ1n) is 5.67. The van der Waals surface area contributed by atoms with Crippen LogP contribution in [0.1, 0.15) is 0 Å². The molecule has 0 amide bonds. The van der Waals surface area contributed by atoms with E-state index in [-0.39, 0.29) is 18.8 Å². The predicted molar refractivity (Wildman–Crippen MR) is 70.0 cm³/mol. The van der Waals surface area contributed by atoms with Crippen LogP contribution in [0.3, 0.4) is 0 Å². The Balaban J connectivity index is 2.41. The van der Waals surface area contributed by atoms with Crippen LogP contribution in [0.5, 0.6) is 0 Å². The van der Waals surface area contributed by atoms with E-state index in [1.54, 1.807) is 12.1 Å². The summed E-state index contributed by atoms with van der Waals surface area (Å²) in [7, 11) is 0. The monoisotopic (exact) mass is 263 g/mol. The number of rotatable bonds is 5. The molecule has 1 atom stereocenters. The highest BCUT2D eigenvalue weighted by Gasteiger charge is 2.14. The van der Waals surface area contributed by atoms with E-state index in [1.807, 2.05) is 0 Å². The smallest absolute Gasteiger partial charge is 0.277 e. The topological polar surface area (TPSA) is 109 Å². The number of pyridine rings is 1. The second-order valence-electron chi connectivity index (χ2n) is 4.03. The maximum absolute atomic E-state index is 10.9. The summed E-state index contributed by atoms with van der Waals surface area (Å²) in [4.78, 5) is 14.4. The standard InChI is InChI=1S/C12H13N3O4/c16-7-8(17)5-14-11-1-2-12(15(18)19)9-3-4-13-6-10(9)11/h1-4,6,8,14,16-17H,5,7H2. The first-order valence-corrected chi connectivity index (χ1v) is 5.67. The molecule has 3 N–H and O–H groups in total. The number of aliphatic hydroxyl groups is 2. The van der Waals surface area contributed by atoms with Crippen molar-refractivity contribution in [2.24, 2.45) is 0 Å². The van der Waals surface area contributed by atoms with Crippen molar-refractivity contribution in [3.05, 3.63) is 40.7 Å². The normalized spacial score (nSPS) is 12.3. The van der Waals surface area contributed by atoms with Crippen molar-refractivity contribution in [1.82, 2.24) is 4.98 Å². The minimum atomic E-state index is -0.887. The number of hydrogen-bond donors (Lipinski definition) is 3. The molecule has 0 radical (unpaired) electrons. The number of aromatic nitrogens is 1. The van der Waals surface area contributed by atoms with E-state index in [0.29, 0.717) is 16.5 Å². The highest BCUT2D eigenvalue weighted by Crippen LogP contribution is 2.30. The first-order chi connectivity index (χ1) is 9.13. The van der Waals surface area contributed by atoms with Crippen LogP contribution in [0.2, 0.25) is 0 Å². The highest BCUT2D eigenvalue weighted by atomic mass is 16.6. The van der Waals surface area contributed by atoms with E-state index in [2.05, 4.69) is 10.3 Å². The van der Waals surface area contributed by atoms with Crippen LogP contribution in [-0.4, -0.2) is 39.4 Å². The Morgan fingerprint density at radius 1 is 1.37 bits per heavy atom. The Morgan fingerprint density at radius 2 is 2.16 bits per heavy atom. The van der Waals surface area contributed by atoms with Crippen LogP contribution in [0.25, 0.3) is 10.8 Å². The molecule has 0 aliphatic heterocycles. The van der Waals surface area contributed by atoms with Gasteiger partial charge in [0, 0.05) is 36.1 Å². The Bertz CT molecular complexity index is 603. The van der Waals surface area contributed by atoms with Crippen molar-refractivity contribution in [3.8, 4) is 0 Å². The molecule has 19 heavy (non-hydrogen) atoms. The van der Waals surface area contributed by atoms with Gasteiger partial charge in [-0.05, 0) is 12.1 Å². The molecule has 0 bridgehead atoms. The average molecular weight is 263 g/mol. The number of aliphatic hydroxyl groups excluding tert-OH is 2. The second kappa shape index (κ2) is 5.59. The van der Waals surface area contributed by atoms with Crippen molar-refractivity contribution in [2.45, 2.75) is 6.10 Å². The number of hydrogen-bond acceptors (Lipinski definition) is 6. The summed E-state index contributed by atoms with van der Waals surface area (Å²) >= 11 is 0. The maximum atomic E-state index is 10.9. The first kappa shape index (κ1) is 13.2. The summed E-state index contributed by atoms with van der Waals surface area (Å²) in [5, 5.41) is 33.0. The molecule has 1 unspecified atom stereocenters. The van der Waals surface area contributed by atoms with Crippen LogP contribution >= 0.6 is 0 Å². The summed E-state index contributed by atoms with van der Waals surface area (Å²) < 4.78 is 0. The molecule has 1 aromatic heterocycles. The largest absolute Gasteiger partial charge is 0.394 e. The van der Waals surface area contributed by atoms with Gasteiger partial charge in [-0.2, -0.15) is 0 Å². The minimum Gasteiger partial charge on any atom is -0.394 e. The quantitative estimate of drug-likeness (QED) is 0.546. The van der Waals surface area contributed by atoms with Gasteiger partial charge in [0.25, 0.3) is 5.69 Å². The number of nitro groups is 1. The fourth-order valence-corrected chi connectivity index (χ4v) is 1.78. The molecular weight excluding hydrogens is 250 g/mol. The summed E-state index contributed by atoms with van der Waals surface area (Å²) in [6.45, 7) is -0.200. The fraction of sp³-hybridized carbons (Fsp3) is 0.250. The van der Waals surface area contributed by atoms with Crippen molar-refractivity contribution in [2.75, 3.05) is 18.5 Å². The molecule has 2 aromatic rings. The zero-order chi connectivity index (χ0) is 13.8. The maximum Gasteiger partial charge on any atom is 0.277 e. The van der Waals surface area contributed by atoms with Gasteiger partial charge in [0.15, 0.2) is 0 Å². The average Bonchev–Trinajstić information content (AvgIpc) is 2.43. The van der Waals surface area contributed by atoms with Gasteiger partial charge in [0.1, 0.15) is 0 Å². The Morgan fingerprint density at radius 3 is 2.84 bits per heavy atom. The number of nitrogens with one attached hydrogen (secondary N) is 1. The third-order valence-electron chi connectivity index (χ3n) is 2.73. The third kappa shape index (κ3) is 2.78. The Kier molecular flexibility index (Phi) is 3.88. The number of anilines is 1. The molecule has 7 nitrogen and oxygen atoms in total. The minimum absolute atomic E-state index is 0.00524. The number of nitrogens with zero attached hydrogens (tertiary/aromatic N) is 2. The number of nitro benzene ring substituents is 1. The number of benzene rings is 1. The fourth-order valence-electron chi connectivity index (χ4n) is 1.78. The van der Waals surface area contributed by atoms with E-state index in [4.69, 9.17) is 5.11 Å². The molecular formula is C12H13N3O4. The van der Waals surface area contributed by atoms with Crippen LogP contribution in [0.15, 0.2) is 30.6 Å². The zero-order valence-corrected chi connectivity index (χ0v) is 9.98. The molecule has 0 saturated carbocycles. The molecule has 7 heteroatoms. The van der Waals surface area contributed by atoms with E-state index in [9.17, 15) is 15.2 Å². The molecule has 100 valence electrons. The van der Waals surface area contributed by atoms with Crippen molar-refractivity contribution >= 4 is 22.1 Å². The lowest BCUT2D eigenvalue weighted by molar-refractivity contribution is -0.383. The summed E-state index contributed by atoms with van der Waals surface area (Å²) in [5.74, 6) is 0. The molecule has 0 fully saturated rings. The van der Waals surface area contributed by atoms with Crippen molar-refractivity contribution in [3.63, 3.8) is 0 Å². The lowest BCUT2D eigenvalue weighted by atomic mass is 10.1. The van der Waals surface area contributed by atoms with Gasteiger partial charge in [-0.15, -0.1) is 0 Å². The second-order valence-corrected chi connectivity index (χ2v) is 4.03. The van der Waals surface area contributed by atoms with E-state index in [0.717, 1.165) is 0 Å². The van der Waals surface area contributed by atoms with Crippen molar-refractivity contribution < 1.29 is 15.1 Å². The van der Waals surface area contributed by atoms with Gasteiger partial charge < -0.3 is 15.5 Å². The van der Waals surface area contributed by atoms with Gasteiger partial charge >= 0.3 is 0 Å². The summed E-state index contributed by atoms with van der Waals surface area (Å²) in [6.07, 6.45) is 2.12. The molecule has 1 heterocycles. The lowest BCUT2D eigenvalue weighted by Gasteiger charge is -2.12. The molecule has 0 aliphatic carbocycles. The van der Waals surface area contributed by atoms with Gasteiger partial charge in [-0.3, -0.25) is 15.1 Å². The number of non-ortho nitro benzene ring substituents is 1. The van der Waals surface area contributed by atoms with Crippen LogP contribution in [0, 0.1) is 10.1 Å². The summed E-state index contributed by atoms with van der Waals surface area (Å²) in [5.41, 5.74) is 0.631. The van der Waals surface area contributed by atoms with Crippen LogP contribution in [-0.2, 0) is 0 Å². The highest BCUT2D eigenvalue weighted by molar-refractivity contribution is 5.99. The molecule has 0 saturated heterocycles. The number of fused-ring (bicyclic) bond motifs is 1. The van der Waals surface area contributed by atoms with Gasteiger partial charge in [0.2, 0.25) is 0 Å².